The highest BCUT2D eigenvalue weighted by Gasteiger charge is 2.60. The largest absolute Gasteiger partial charge is 0.508 e. The summed E-state index contributed by atoms with van der Waals surface area (Å²) in [4.78, 5) is 12.9. The van der Waals surface area contributed by atoms with Crippen molar-refractivity contribution in [1.29, 1.82) is 0 Å². The average Bonchev–Trinajstić information content (AvgIpc) is 3.13. The number of rotatable bonds is 4. The molecule has 6 atom stereocenters. The monoisotopic (exact) mass is 495 g/mol. The predicted molar refractivity (Wildman–Crippen MR) is 133 cm³/mol. The van der Waals surface area contributed by atoms with Crippen molar-refractivity contribution in [3.05, 3.63) is 71.8 Å². The molecular formula is C28H33NO5S. The van der Waals surface area contributed by atoms with E-state index >= 15 is 0 Å². The molecule has 2 aromatic carbocycles. The zero-order valence-electron chi connectivity index (χ0n) is 20.2. The fourth-order valence-electron chi connectivity index (χ4n) is 7.56. The number of phenols is 1. The minimum Gasteiger partial charge on any atom is -0.508 e. The molecule has 0 radical (unpaired) electrons. The number of primary sulfonamides is 1. The second kappa shape index (κ2) is 8.20. The highest BCUT2D eigenvalue weighted by molar-refractivity contribution is 7.89. The van der Waals surface area contributed by atoms with Crippen LogP contribution in [0.25, 0.3) is 0 Å². The molecule has 0 spiro atoms. The second-order valence-electron chi connectivity index (χ2n) is 11.1. The van der Waals surface area contributed by atoms with Crippen molar-refractivity contribution in [1.82, 2.24) is 0 Å². The molecule has 2 unspecified atom stereocenters. The van der Waals surface area contributed by atoms with Crippen LogP contribution in [0.2, 0.25) is 0 Å². The highest BCUT2D eigenvalue weighted by atomic mass is 32.2. The molecule has 35 heavy (non-hydrogen) atoms. The molecule has 2 fully saturated rings. The summed E-state index contributed by atoms with van der Waals surface area (Å²) in [5.74, 6) is 0.904. The van der Waals surface area contributed by atoms with E-state index in [0.717, 1.165) is 32.1 Å². The molecular weight excluding hydrogens is 462 g/mol. The van der Waals surface area contributed by atoms with E-state index in [2.05, 4.69) is 32.6 Å². The van der Waals surface area contributed by atoms with Crippen molar-refractivity contribution in [2.45, 2.75) is 62.4 Å². The third kappa shape index (κ3) is 3.89. The number of hydrogen-bond acceptors (Lipinski definition) is 5. The van der Waals surface area contributed by atoms with E-state index in [1.165, 1.54) is 29.3 Å². The molecule has 3 aliphatic carbocycles. The van der Waals surface area contributed by atoms with Crippen molar-refractivity contribution >= 4 is 16.0 Å². The van der Waals surface area contributed by atoms with E-state index in [1.54, 1.807) is 12.1 Å². The lowest BCUT2D eigenvalue weighted by atomic mass is 9.46. The summed E-state index contributed by atoms with van der Waals surface area (Å²) in [6.07, 6.45) is 6.34. The van der Waals surface area contributed by atoms with Crippen LogP contribution in [0.1, 0.15) is 61.0 Å². The Morgan fingerprint density at radius 2 is 2.00 bits per heavy atom. The Morgan fingerprint density at radius 1 is 1.23 bits per heavy atom. The fraction of sp³-hybridized carbons (Fsp3) is 0.464. The van der Waals surface area contributed by atoms with Crippen LogP contribution in [0.15, 0.2) is 60.0 Å². The van der Waals surface area contributed by atoms with Gasteiger partial charge >= 0.3 is 5.97 Å². The van der Waals surface area contributed by atoms with Gasteiger partial charge in [0, 0.05) is 5.41 Å². The third-order valence-electron chi connectivity index (χ3n) is 9.03. The summed E-state index contributed by atoms with van der Waals surface area (Å²) in [7, 11) is -3.90. The Morgan fingerprint density at radius 3 is 2.71 bits per heavy atom. The maximum absolute atomic E-state index is 13.0. The highest BCUT2D eigenvalue weighted by Crippen LogP contribution is 2.65. The quantitative estimate of drug-likeness (QED) is 0.472. The van der Waals surface area contributed by atoms with Crippen molar-refractivity contribution in [3.63, 3.8) is 0 Å². The molecule has 0 heterocycles. The van der Waals surface area contributed by atoms with Gasteiger partial charge < -0.3 is 9.84 Å². The number of esters is 1. The normalized spacial score (nSPS) is 33.8. The molecule has 2 saturated carbocycles. The van der Waals surface area contributed by atoms with Gasteiger partial charge in [0.05, 0.1) is 10.5 Å². The van der Waals surface area contributed by atoms with E-state index in [1.807, 2.05) is 6.07 Å². The standard InChI is InChI=1S/C28H33NO5S/c1-4-28-11-10-27(3)16-21(34-26(31)18-6-5-7-22(14-18)35(29,32)33)15-24(27)25(28)17(2)12-19-13-20(30)8-9-23(19)28/h4-9,13-14,17,21,24-25,30H,1,10-12,15-16H2,2-3H3,(H2,29,32,33)/t17-,21-,24?,25?,27-,28-/m1/s1. The molecule has 3 N–H and O–H groups in total. The van der Waals surface area contributed by atoms with Gasteiger partial charge in [0.15, 0.2) is 0 Å². The lowest BCUT2D eigenvalue weighted by molar-refractivity contribution is -0.000314. The average molecular weight is 496 g/mol. The van der Waals surface area contributed by atoms with Crippen LogP contribution in [0.4, 0.5) is 0 Å². The zero-order chi connectivity index (χ0) is 25.2. The van der Waals surface area contributed by atoms with Crippen LogP contribution in [0, 0.1) is 23.2 Å². The molecule has 0 aliphatic heterocycles. The van der Waals surface area contributed by atoms with Gasteiger partial charge in [0.25, 0.3) is 0 Å². The Labute approximate surface area is 207 Å². The number of ether oxygens (including phenoxy) is 1. The maximum atomic E-state index is 13.0. The predicted octanol–water partition coefficient (Wildman–Crippen LogP) is 4.71. The number of sulfonamides is 1. The van der Waals surface area contributed by atoms with Gasteiger partial charge in [-0.25, -0.2) is 18.4 Å². The van der Waals surface area contributed by atoms with E-state index in [9.17, 15) is 18.3 Å². The van der Waals surface area contributed by atoms with Crippen molar-refractivity contribution < 1.29 is 23.1 Å². The summed E-state index contributed by atoms with van der Waals surface area (Å²) < 4.78 is 29.4. The Kier molecular flexibility index (Phi) is 5.64. The number of fused-ring (bicyclic) bond motifs is 5. The number of benzene rings is 2. The van der Waals surface area contributed by atoms with E-state index in [-0.39, 0.29) is 27.4 Å². The summed E-state index contributed by atoms with van der Waals surface area (Å²) in [6, 6.07) is 11.4. The van der Waals surface area contributed by atoms with Gasteiger partial charge in [-0.2, -0.15) is 0 Å². The van der Waals surface area contributed by atoms with Crippen molar-refractivity contribution in [3.8, 4) is 5.75 Å². The number of carbonyl (C=O) groups excluding carboxylic acids is 1. The molecule has 2 aromatic rings. The molecule has 5 rings (SSSR count). The van der Waals surface area contributed by atoms with E-state index in [0.29, 0.717) is 23.5 Å². The van der Waals surface area contributed by atoms with Crippen LogP contribution in [0.3, 0.4) is 0 Å². The Hall–Kier alpha value is -2.64. The summed E-state index contributed by atoms with van der Waals surface area (Å²) in [5.41, 5.74) is 2.56. The number of nitrogens with two attached hydrogens (primary N) is 1. The molecule has 7 heteroatoms. The molecule has 0 aromatic heterocycles. The molecule has 0 bridgehead atoms. The second-order valence-corrected chi connectivity index (χ2v) is 12.7. The maximum Gasteiger partial charge on any atom is 0.338 e. The van der Waals surface area contributed by atoms with E-state index in [4.69, 9.17) is 9.88 Å². The minimum atomic E-state index is -3.90. The van der Waals surface area contributed by atoms with Gasteiger partial charge in [0.2, 0.25) is 10.0 Å². The van der Waals surface area contributed by atoms with Gasteiger partial charge in [0.1, 0.15) is 11.9 Å². The number of hydrogen-bond donors (Lipinski definition) is 2. The SMILES string of the molecule is C=C[C@]12CC[C@]3(C)C[C@H](OC(=O)c4cccc(S(N)(=O)=O)c4)CC3C1[C@H](C)Cc1cc(O)ccc12. The zero-order valence-corrected chi connectivity index (χ0v) is 21.1. The van der Waals surface area contributed by atoms with Crippen molar-refractivity contribution in [2.24, 2.45) is 28.3 Å². The lowest BCUT2D eigenvalue weighted by Crippen LogP contribution is -2.52. The van der Waals surface area contributed by atoms with Crippen LogP contribution >= 0.6 is 0 Å². The first-order valence-corrected chi connectivity index (χ1v) is 13.8. The first-order chi connectivity index (χ1) is 16.5. The van der Waals surface area contributed by atoms with Crippen molar-refractivity contribution in [2.75, 3.05) is 0 Å². The Bertz CT molecular complexity index is 1300. The number of allylic oxidation sites excluding steroid dienone is 1. The summed E-state index contributed by atoms with van der Waals surface area (Å²) in [5, 5.41) is 15.3. The number of aromatic hydroxyl groups is 1. The molecule has 186 valence electrons. The smallest absolute Gasteiger partial charge is 0.338 e. The van der Waals surface area contributed by atoms with Crippen LogP contribution < -0.4 is 5.14 Å². The lowest BCUT2D eigenvalue weighted by Gasteiger charge is -2.57. The minimum absolute atomic E-state index is 0.0489. The van der Waals surface area contributed by atoms with Gasteiger partial charge in [-0.05, 0) is 96.7 Å². The Balaban J connectivity index is 1.42. The molecule has 3 aliphatic rings. The third-order valence-corrected chi connectivity index (χ3v) is 9.94. The first-order valence-electron chi connectivity index (χ1n) is 12.3. The van der Waals surface area contributed by atoms with Gasteiger partial charge in [-0.15, -0.1) is 6.58 Å². The molecule has 6 nitrogen and oxygen atoms in total. The van der Waals surface area contributed by atoms with Crippen LogP contribution in [0.5, 0.6) is 5.75 Å². The topological polar surface area (TPSA) is 107 Å². The van der Waals surface area contributed by atoms with Gasteiger partial charge in [-0.1, -0.05) is 32.1 Å². The summed E-state index contributed by atoms with van der Waals surface area (Å²) >= 11 is 0. The molecule has 0 amide bonds. The number of phenolic OH excluding ortho intramolecular Hbond substituents is 1. The molecule has 0 saturated heterocycles. The van der Waals surface area contributed by atoms with Crippen LogP contribution in [-0.4, -0.2) is 25.6 Å². The van der Waals surface area contributed by atoms with E-state index < -0.39 is 16.0 Å². The van der Waals surface area contributed by atoms with Crippen LogP contribution in [-0.2, 0) is 26.6 Å². The summed E-state index contributed by atoms with van der Waals surface area (Å²) in [6.45, 7) is 8.89. The van der Waals surface area contributed by atoms with Gasteiger partial charge in [-0.3, -0.25) is 0 Å². The fourth-order valence-corrected chi connectivity index (χ4v) is 8.12. The number of carbonyl (C=O) groups is 1. The first kappa shape index (κ1) is 24.1.